The van der Waals surface area contributed by atoms with Crippen LogP contribution in [0.4, 0.5) is 0 Å². The molecule has 1 aliphatic rings. The Hall–Kier alpha value is -1.42. The Morgan fingerprint density at radius 2 is 0.790 bits per heavy atom. The quantitative estimate of drug-likeness (QED) is 0.0193. The molecule has 0 saturated carbocycles. The van der Waals surface area contributed by atoms with Gasteiger partial charge in [0.25, 0.3) is 0 Å². The van der Waals surface area contributed by atoms with Crippen LogP contribution in [-0.2, 0) is 28.9 Å². The van der Waals surface area contributed by atoms with Gasteiger partial charge in [-0.05, 0) is 44.9 Å². The smallest absolute Gasteiger partial charge is 0.394 e. The molecule has 1 amide bonds. The minimum absolute atomic E-state index is 0.255. The molecule has 12 nitrogen and oxygen atoms in total. The van der Waals surface area contributed by atoms with Crippen molar-refractivity contribution >= 4 is 16.3 Å². The molecule has 0 aliphatic carbocycles. The van der Waals surface area contributed by atoms with Crippen molar-refractivity contribution in [3.8, 4) is 0 Å². The third kappa shape index (κ3) is 49.4. The lowest BCUT2D eigenvalue weighted by Crippen LogP contribution is -2.61. The molecular weight excluding hydrogens is 1040 g/mol. The highest BCUT2D eigenvalue weighted by molar-refractivity contribution is 7.80. The zero-order valence-electron chi connectivity index (χ0n) is 52.6. The standard InChI is InChI=1S/C68H131NO11S/c1-3-5-7-9-11-13-15-17-19-21-23-25-27-28-29-30-31-32-33-34-36-38-40-42-44-46-48-50-52-54-56-58-64(72)69-61(60-78-68-66(74)67(80-81(75,76)77)65(73)63(59-70)79-68)62(71)57-55-53-51-49-47-45-43-41-39-37-35-26-24-22-20-18-16-14-12-10-8-6-4-2/h28-29,55,57,61-63,65-68,70-71,73-74H,3-27,30-54,56,58-60H2,1-2H3,(H,69,72)(H,75,76,77)/b29-28-,57-55+. The van der Waals surface area contributed by atoms with Gasteiger partial charge in [0.2, 0.25) is 5.91 Å². The van der Waals surface area contributed by atoms with E-state index in [1.807, 2.05) is 6.08 Å². The number of ether oxygens (including phenoxy) is 2. The van der Waals surface area contributed by atoms with Crippen LogP contribution in [0.15, 0.2) is 24.3 Å². The first-order valence-corrected chi connectivity index (χ1v) is 36.1. The van der Waals surface area contributed by atoms with E-state index in [0.717, 1.165) is 38.5 Å². The highest BCUT2D eigenvalue weighted by atomic mass is 32.3. The first kappa shape index (κ1) is 77.6. The van der Waals surface area contributed by atoms with E-state index in [-0.39, 0.29) is 18.9 Å². The zero-order chi connectivity index (χ0) is 59.0. The van der Waals surface area contributed by atoms with E-state index in [1.165, 1.54) is 283 Å². The third-order valence-corrected chi connectivity index (χ3v) is 17.2. The molecule has 7 unspecified atom stereocenters. The molecule has 1 rings (SSSR count). The van der Waals surface area contributed by atoms with E-state index in [1.54, 1.807) is 6.08 Å². The van der Waals surface area contributed by atoms with Gasteiger partial charge in [-0.25, -0.2) is 4.18 Å². The number of unbranched alkanes of at least 4 members (excludes halogenated alkanes) is 48. The normalized spacial score (nSPS) is 18.6. The molecule has 0 aromatic heterocycles. The number of carbonyl (C=O) groups excluding carboxylic acids is 1. The molecule has 1 heterocycles. The summed E-state index contributed by atoms with van der Waals surface area (Å²) in [6.45, 7) is 3.46. The molecule has 1 fully saturated rings. The van der Waals surface area contributed by atoms with Crippen molar-refractivity contribution < 1.29 is 51.8 Å². The van der Waals surface area contributed by atoms with Crippen LogP contribution in [0.3, 0.4) is 0 Å². The van der Waals surface area contributed by atoms with Crippen molar-refractivity contribution in [1.82, 2.24) is 5.32 Å². The second kappa shape index (κ2) is 57.6. The highest BCUT2D eigenvalue weighted by Gasteiger charge is 2.48. The van der Waals surface area contributed by atoms with Gasteiger partial charge in [0.05, 0.1) is 25.4 Å². The fourth-order valence-corrected chi connectivity index (χ4v) is 11.9. The van der Waals surface area contributed by atoms with Crippen molar-refractivity contribution in [1.29, 1.82) is 0 Å². The Kier molecular flexibility index (Phi) is 55.2. The largest absolute Gasteiger partial charge is 0.397 e. The average molecular weight is 1170 g/mol. The number of allylic oxidation sites excluding steroid dienone is 3. The summed E-state index contributed by atoms with van der Waals surface area (Å²) < 4.78 is 48.0. The molecule has 6 N–H and O–H groups in total. The SMILES string of the molecule is CCCCCCCCCCCCCC/C=C\CCCCCCCCCCCCCCCCCC(=O)NC(COC1OC(CO)C(O)C(OS(=O)(=O)O)C1O)C(O)/C=C/CCCCCCCCCCCCCCCCCCCCCCC. The summed E-state index contributed by atoms with van der Waals surface area (Å²) in [7, 11) is -5.09. The number of amides is 1. The van der Waals surface area contributed by atoms with Gasteiger partial charge < -0.3 is 35.2 Å². The summed E-state index contributed by atoms with van der Waals surface area (Å²) in [5, 5.41) is 45.2. The topological polar surface area (TPSA) is 192 Å². The monoisotopic (exact) mass is 1170 g/mol. The van der Waals surface area contributed by atoms with Gasteiger partial charge in [0.1, 0.15) is 24.4 Å². The molecule has 7 atom stereocenters. The van der Waals surface area contributed by atoms with Crippen LogP contribution >= 0.6 is 0 Å². The molecule has 1 aliphatic heterocycles. The molecule has 0 aromatic carbocycles. The summed E-state index contributed by atoms with van der Waals surface area (Å²) in [5.41, 5.74) is 0. The average Bonchev–Trinajstić information content (AvgIpc) is 3.51. The van der Waals surface area contributed by atoms with Gasteiger partial charge >= 0.3 is 10.4 Å². The molecule has 1 saturated heterocycles. The van der Waals surface area contributed by atoms with Crippen LogP contribution in [0.25, 0.3) is 0 Å². The molecule has 0 radical (unpaired) electrons. The van der Waals surface area contributed by atoms with Crippen molar-refractivity contribution in [3.63, 3.8) is 0 Å². The molecule has 480 valence electrons. The van der Waals surface area contributed by atoms with Crippen molar-refractivity contribution in [2.24, 2.45) is 0 Å². The Balaban J connectivity index is 2.25. The van der Waals surface area contributed by atoms with Gasteiger partial charge in [0, 0.05) is 6.42 Å². The van der Waals surface area contributed by atoms with Crippen molar-refractivity contribution in [2.45, 2.75) is 391 Å². The Morgan fingerprint density at radius 1 is 0.481 bits per heavy atom. The first-order valence-electron chi connectivity index (χ1n) is 34.7. The van der Waals surface area contributed by atoms with E-state index in [2.05, 4.69) is 35.5 Å². The van der Waals surface area contributed by atoms with Crippen molar-refractivity contribution in [3.05, 3.63) is 24.3 Å². The third-order valence-electron chi connectivity index (χ3n) is 16.7. The Bertz CT molecular complexity index is 1520. The van der Waals surface area contributed by atoms with Crippen molar-refractivity contribution in [2.75, 3.05) is 13.2 Å². The van der Waals surface area contributed by atoms with Crippen LogP contribution in [0.2, 0.25) is 0 Å². The second-order valence-corrected chi connectivity index (χ2v) is 25.5. The van der Waals surface area contributed by atoms with Gasteiger partial charge in [-0.1, -0.05) is 321 Å². The highest BCUT2D eigenvalue weighted by Crippen LogP contribution is 2.26. The first-order chi connectivity index (χ1) is 39.5. The molecule has 13 heteroatoms. The van der Waals surface area contributed by atoms with Gasteiger partial charge in [-0.3, -0.25) is 9.35 Å². The van der Waals surface area contributed by atoms with Gasteiger partial charge in [0.15, 0.2) is 6.29 Å². The van der Waals surface area contributed by atoms with Crippen LogP contribution in [0.1, 0.15) is 348 Å². The van der Waals surface area contributed by atoms with E-state index in [0.29, 0.717) is 6.42 Å². The number of hydrogen-bond donors (Lipinski definition) is 6. The van der Waals surface area contributed by atoms with E-state index >= 15 is 0 Å². The van der Waals surface area contributed by atoms with E-state index in [9.17, 15) is 38.2 Å². The maximum Gasteiger partial charge on any atom is 0.397 e. The van der Waals surface area contributed by atoms with E-state index in [4.69, 9.17) is 9.47 Å². The number of aliphatic hydroxyl groups excluding tert-OH is 4. The summed E-state index contributed by atoms with van der Waals surface area (Å²) in [4.78, 5) is 13.2. The lowest BCUT2D eigenvalue weighted by Gasteiger charge is -2.41. The number of rotatable bonds is 62. The summed E-state index contributed by atoms with van der Waals surface area (Å²) >= 11 is 0. The molecule has 0 bridgehead atoms. The summed E-state index contributed by atoms with van der Waals surface area (Å²) in [6, 6.07) is -0.944. The summed E-state index contributed by atoms with van der Waals surface area (Å²) in [6.07, 6.45) is 65.4. The van der Waals surface area contributed by atoms with E-state index < -0.39 is 59.9 Å². The Labute approximate surface area is 499 Å². The minimum atomic E-state index is -5.09. The van der Waals surface area contributed by atoms with Crippen LogP contribution in [0.5, 0.6) is 0 Å². The molecule has 81 heavy (non-hydrogen) atoms. The predicted octanol–water partition coefficient (Wildman–Crippen LogP) is 17.9. The maximum absolute atomic E-state index is 13.2. The van der Waals surface area contributed by atoms with Crippen LogP contribution in [-0.4, -0.2) is 95.4 Å². The Morgan fingerprint density at radius 3 is 1.11 bits per heavy atom. The fourth-order valence-electron chi connectivity index (χ4n) is 11.4. The lowest BCUT2D eigenvalue weighted by atomic mass is 9.99. The molecular formula is C68H131NO11S. The fraction of sp³-hybridized carbons (Fsp3) is 0.926. The molecule has 0 spiro atoms. The van der Waals surface area contributed by atoms with Gasteiger partial charge in [-0.15, -0.1) is 0 Å². The zero-order valence-corrected chi connectivity index (χ0v) is 53.4. The number of aliphatic hydroxyl groups is 4. The maximum atomic E-state index is 13.2. The van der Waals surface area contributed by atoms with Crippen LogP contribution in [0, 0.1) is 0 Å². The lowest BCUT2D eigenvalue weighted by molar-refractivity contribution is -0.298. The number of carbonyl (C=O) groups is 1. The summed E-state index contributed by atoms with van der Waals surface area (Å²) in [5.74, 6) is -0.255. The molecule has 0 aromatic rings. The minimum Gasteiger partial charge on any atom is -0.394 e. The number of nitrogens with one attached hydrogen (secondary N) is 1. The number of hydrogen-bond acceptors (Lipinski definition) is 10. The van der Waals surface area contributed by atoms with Gasteiger partial charge in [-0.2, -0.15) is 8.42 Å². The second-order valence-electron chi connectivity index (χ2n) is 24.5. The van der Waals surface area contributed by atoms with Crippen LogP contribution < -0.4 is 5.32 Å². The predicted molar refractivity (Wildman–Crippen MR) is 338 cm³/mol.